The van der Waals surface area contributed by atoms with Crippen LogP contribution in [0.15, 0.2) is 12.1 Å². The Kier molecular flexibility index (Phi) is 3.77. The van der Waals surface area contributed by atoms with Crippen molar-refractivity contribution < 1.29 is 9.47 Å². The van der Waals surface area contributed by atoms with Crippen molar-refractivity contribution in [2.24, 2.45) is 5.92 Å². The van der Waals surface area contributed by atoms with Crippen LogP contribution in [0.25, 0.3) is 0 Å². The molecule has 1 aliphatic rings. The lowest BCUT2D eigenvalue weighted by Gasteiger charge is -2.28. The summed E-state index contributed by atoms with van der Waals surface area (Å²) in [6.45, 7) is 3.27. The number of rotatable bonds is 4. The average molecular weight is 235 g/mol. The molecule has 0 amide bonds. The van der Waals surface area contributed by atoms with Crippen LogP contribution in [0.3, 0.4) is 0 Å². The van der Waals surface area contributed by atoms with Gasteiger partial charge in [-0.1, -0.05) is 13.3 Å². The number of nitrogens with one attached hydrogen (secondary N) is 1. The van der Waals surface area contributed by atoms with Crippen molar-refractivity contribution in [1.82, 2.24) is 0 Å². The SMILES string of the molecule is CCCC1CNc2c(OC)ccc(OC)c2C1. The van der Waals surface area contributed by atoms with Gasteiger partial charge in [-0.15, -0.1) is 0 Å². The topological polar surface area (TPSA) is 30.5 Å². The Hall–Kier alpha value is -1.38. The molecule has 0 aliphatic carbocycles. The Morgan fingerprint density at radius 3 is 2.59 bits per heavy atom. The molecule has 1 N–H and O–H groups in total. The van der Waals surface area contributed by atoms with Crippen LogP contribution < -0.4 is 14.8 Å². The highest BCUT2D eigenvalue weighted by atomic mass is 16.5. The third-order valence-electron chi connectivity index (χ3n) is 3.43. The summed E-state index contributed by atoms with van der Waals surface area (Å²) in [5.74, 6) is 2.58. The number of hydrogen-bond acceptors (Lipinski definition) is 3. The summed E-state index contributed by atoms with van der Waals surface area (Å²) in [5, 5.41) is 3.49. The van der Waals surface area contributed by atoms with E-state index in [4.69, 9.17) is 9.47 Å². The van der Waals surface area contributed by atoms with Gasteiger partial charge in [0.15, 0.2) is 0 Å². The van der Waals surface area contributed by atoms with Crippen molar-refractivity contribution in [2.75, 3.05) is 26.1 Å². The molecular formula is C14H21NO2. The zero-order valence-corrected chi connectivity index (χ0v) is 10.9. The van der Waals surface area contributed by atoms with Crippen LogP contribution in [0, 0.1) is 5.92 Å². The minimum atomic E-state index is 0.702. The second-order valence-electron chi connectivity index (χ2n) is 4.56. The van der Waals surface area contributed by atoms with Crippen molar-refractivity contribution in [2.45, 2.75) is 26.2 Å². The highest BCUT2D eigenvalue weighted by Gasteiger charge is 2.23. The lowest BCUT2D eigenvalue weighted by Crippen LogP contribution is -2.24. The largest absolute Gasteiger partial charge is 0.496 e. The molecule has 3 heteroatoms. The van der Waals surface area contributed by atoms with Crippen LogP contribution in [-0.4, -0.2) is 20.8 Å². The van der Waals surface area contributed by atoms with Crippen molar-refractivity contribution in [1.29, 1.82) is 0 Å². The molecule has 94 valence electrons. The second kappa shape index (κ2) is 5.30. The number of benzene rings is 1. The lowest BCUT2D eigenvalue weighted by atomic mass is 9.90. The van der Waals surface area contributed by atoms with E-state index in [1.807, 2.05) is 12.1 Å². The number of ether oxygens (including phenoxy) is 2. The molecule has 0 fully saturated rings. The smallest absolute Gasteiger partial charge is 0.142 e. The normalized spacial score (nSPS) is 18.2. The summed E-state index contributed by atoms with van der Waals surface area (Å²) in [6, 6.07) is 3.96. The molecule has 0 saturated heterocycles. The summed E-state index contributed by atoms with van der Waals surface area (Å²) in [5.41, 5.74) is 2.37. The first-order valence-electron chi connectivity index (χ1n) is 6.27. The van der Waals surface area contributed by atoms with Crippen LogP contribution in [0.2, 0.25) is 0 Å². The Morgan fingerprint density at radius 2 is 1.94 bits per heavy atom. The highest BCUT2D eigenvalue weighted by molar-refractivity contribution is 5.68. The molecule has 1 aromatic carbocycles. The molecule has 0 bridgehead atoms. The highest BCUT2D eigenvalue weighted by Crippen LogP contribution is 2.40. The summed E-state index contributed by atoms with van der Waals surface area (Å²) < 4.78 is 10.8. The number of anilines is 1. The molecule has 1 unspecified atom stereocenters. The molecule has 0 radical (unpaired) electrons. The predicted octanol–water partition coefficient (Wildman–Crippen LogP) is 3.09. The molecule has 1 atom stereocenters. The fourth-order valence-electron chi connectivity index (χ4n) is 2.58. The predicted molar refractivity (Wildman–Crippen MR) is 70.1 cm³/mol. The van der Waals surface area contributed by atoms with E-state index in [9.17, 15) is 0 Å². The van der Waals surface area contributed by atoms with Gasteiger partial charge in [-0.05, 0) is 30.9 Å². The van der Waals surface area contributed by atoms with Gasteiger partial charge in [0.1, 0.15) is 11.5 Å². The van der Waals surface area contributed by atoms with Gasteiger partial charge in [0.25, 0.3) is 0 Å². The van der Waals surface area contributed by atoms with E-state index in [0.29, 0.717) is 5.92 Å². The Bertz CT molecular complexity index is 390. The maximum Gasteiger partial charge on any atom is 0.142 e. The van der Waals surface area contributed by atoms with Crippen LogP contribution in [0.5, 0.6) is 11.5 Å². The number of fused-ring (bicyclic) bond motifs is 1. The average Bonchev–Trinajstić information content (AvgIpc) is 2.37. The van der Waals surface area contributed by atoms with Gasteiger partial charge in [0, 0.05) is 12.1 Å². The quantitative estimate of drug-likeness (QED) is 0.870. The molecule has 1 aromatic rings. The van der Waals surface area contributed by atoms with Crippen molar-refractivity contribution in [3.8, 4) is 11.5 Å². The van der Waals surface area contributed by atoms with Gasteiger partial charge in [-0.2, -0.15) is 0 Å². The third kappa shape index (κ3) is 2.33. The van der Waals surface area contributed by atoms with E-state index in [1.54, 1.807) is 14.2 Å². The molecule has 0 saturated carbocycles. The van der Waals surface area contributed by atoms with Crippen molar-refractivity contribution in [3.63, 3.8) is 0 Å². The molecule has 1 aliphatic heterocycles. The van der Waals surface area contributed by atoms with Gasteiger partial charge in [0.05, 0.1) is 19.9 Å². The summed E-state index contributed by atoms with van der Waals surface area (Å²) in [6.07, 6.45) is 3.57. The first-order chi connectivity index (χ1) is 8.30. The van der Waals surface area contributed by atoms with E-state index in [-0.39, 0.29) is 0 Å². The van der Waals surface area contributed by atoms with E-state index in [0.717, 1.165) is 30.2 Å². The standard InChI is InChI=1S/C14H21NO2/c1-4-5-10-8-11-12(16-2)6-7-13(17-3)14(11)15-9-10/h6-7,10,15H,4-5,8-9H2,1-3H3. The van der Waals surface area contributed by atoms with Crippen LogP contribution >= 0.6 is 0 Å². The van der Waals surface area contributed by atoms with Crippen molar-refractivity contribution >= 4 is 5.69 Å². The first-order valence-corrected chi connectivity index (χ1v) is 6.27. The van der Waals surface area contributed by atoms with Crippen molar-refractivity contribution in [3.05, 3.63) is 17.7 Å². The van der Waals surface area contributed by atoms with Crippen LogP contribution in [-0.2, 0) is 6.42 Å². The van der Waals surface area contributed by atoms with Gasteiger partial charge in [0.2, 0.25) is 0 Å². The molecule has 3 nitrogen and oxygen atoms in total. The molecule has 0 aromatic heterocycles. The van der Waals surface area contributed by atoms with Gasteiger partial charge in [-0.3, -0.25) is 0 Å². The first kappa shape index (κ1) is 12.1. The van der Waals surface area contributed by atoms with Gasteiger partial charge >= 0.3 is 0 Å². The minimum absolute atomic E-state index is 0.702. The molecular weight excluding hydrogens is 214 g/mol. The summed E-state index contributed by atoms with van der Waals surface area (Å²) in [4.78, 5) is 0. The zero-order valence-electron chi connectivity index (χ0n) is 10.9. The maximum atomic E-state index is 5.44. The Labute approximate surface area is 103 Å². The van der Waals surface area contributed by atoms with Crippen LogP contribution in [0.1, 0.15) is 25.3 Å². The van der Waals surface area contributed by atoms with E-state index in [1.165, 1.54) is 18.4 Å². The minimum Gasteiger partial charge on any atom is -0.496 e. The maximum absolute atomic E-state index is 5.44. The lowest BCUT2D eigenvalue weighted by molar-refractivity contribution is 0.388. The second-order valence-corrected chi connectivity index (χ2v) is 4.56. The molecule has 17 heavy (non-hydrogen) atoms. The van der Waals surface area contributed by atoms with E-state index >= 15 is 0 Å². The van der Waals surface area contributed by atoms with Gasteiger partial charge < -0.3 is 14.8 Å². The Balaban J connectivity index is 2.33. The molecule has 1 heterocycles. The Morgan fingerprint density at radius 1 is 1.24 bits per heavy atom. The monoisotopic (exact) mass is 235 g/mol. The number of hydrogen-bond donors (Lipinski definition) is 1. The van der Waals surface area contributed by atoms with Crippen LogP contribution in [0.4, 0.5) is 5.69 Å². The zero-order chi connectivity index (χ0) is 12.3. The fourth-order valence-corrected chi connectivity index (χ4v) is 2.58. The number of methoxy groups -OCH3 is 2. The summed E-state index contributed by atoms with van der Waals surface area (Å²) >= 11 is 0. The fraction of sp³-hybridized carbons (Fsp3) is 0.571. The summed E-state index contributed by atoms with van der Waals surface area (Å²) in [7, 11) is 3.44. The van der Waals surface area contributed by atoms with E-state index in [2.05, 4.69) is 12.2 Å². The van der Waals surface area contributed by atoms with E-state index < -0.39 is 0 Å². The molecule has 2 rings (SSSR count). The third-order valence-corrected chi connectivity index (χ3v) is 3.43. The van der Waals surface area contributed by atoms with Gasteiger partial charge in [-0.25, -0.2) is 0 Å². The molecule has 0 spiro atoms.